The van der Waals surface area contributed by atoms with Crippen LogP contribution in [0, 0.1) is 0 Å². The van der Waals surface area contributed by atoms with Crippen molar-refractivity contribution in [1.29, 1.82) is 0 Å². The van der Waals surface area contributed by atoms with Crippen LogP contribution >= 0.6 is 0 Å². The minimum atomic E-state index is 0.0634. The smallest absolute Gasteiger partial charge is 0.119 e. The van der Waals surface area contributed by atoms with E-state index in [1.807, 2.05) is 24.3 Å². The highest BCUT2D eigenvalue weighted by atomic mass is 16.5. The van der Waals surface area contributed by atoms with Gasteiger partial charge in [0.2, 0.25) is 0 Å². The molecule has 17 heavy (non-hydrogen) atoms. The molecule has 1 aromatic rings. The number of nitrogens with one attached hydrogen (secondary N) is 1. The Morgan fingerprint density at radius 1 is 1.35 bits per heavy atom. The van der Waals surface area contributed by atoms with Crippen LogP contribution in [-0.4, -0.2) is 24.8 Å². The second-order valence-electron chi connectivity index (χ2n) is 4.02. The second-order valence-corrected chi connectivity index (χ2v) is 4.02. The van der Waals surface area contributed by atoms with Crippen molar-refractivity contribution in [2.75, 3.05) is 19.7 Å². The van der Waals surface area contributed by atoms with Crippen LogP contribution in [-0.2, 0) is 6.61 Å². The van der Waals surface area contributed by atoms with Gasteiger partial charge in [-0.2, -0.15) is 0 Å². The van der Waals surface area contributed by atoms with Gasteiger partial charge < -0.3 is 15.2 Å². The normalized spacial score (nSPS) is 10.2. The Kier molecular flexibility index (Phi) is 6.37. The standard InChI is InChI=1S/C14H21NO2/c1-3-8-15-9-12(2)11-17-14-6-4-13(10-16)5-7-14/h4-7,15-16H,2-3,8-11H2,1H3. The fraction of sp³-hybridized carbons (Fsp3) is 0.429. The minimum Gasteiger partial charge on any atom is -0.489 e. The van der Waals surface area contributed by atoms with E-state index in [9.17, 15) is 0 Å². The highest BCUT2D eigenvalue weighted by Crippen LogP contribution is 2.12. The Labute approximate surface area is 103 Å². The molecule has 0 saturated heterocycles. The zero-order chi connectivity index (χ0) is 12.5. The van der Waals surface area contributed by atoms with E-state index < -0.39 is 0 Å². The van der Waals surface area contributed by atoms with E-state index in [1.54, 1.807) is 0 Å². The van der Waals surface area contributed by atoms with Crippen LogP contribution in [0.3, 0.4) is 0 Å². The van der Waals surface area contributed by atoms with Crippen LogP contribution in [0.2, 0.25) is 0 Å². The van der Waals surface area contributed by atoms with Gasteiger partial charge in [-0.15, -0.1) is 0 Å². The molecule has 1 rings (SSSR count). The van der Waals surface area contributed by atoms with E-state index in [2.05, 4.69) is 18.8 Å². The van der Waals surface area contributed by atoms with Crippen molar-refractivity contribution in [3.8, 4) is 5.75 Å². The molecule has 0 unspecified atom stereocenters. The van der Waals surface area contributed by atoms with Gasteiger partial charge in [0.25, 0.3) is 0 Å². The first-order valence-electron chi connectivity index (χ1n) is 5.96. The summed E-state index contributed by atoms with van der Waals surface area (Å²) in [5.41, 5.74) is 1.92. The number of hydrogen-bond acceptors (Lipinski definition) is 3. The summed E-state index contributed by atoms with van der Waals surface area (Å²) >= 11 is 0. The third-order valence-corrected chi connectivity index (χ3v) is 2.35. The average Bonchev–Trinajstić information content (AvgIpc) is 2.37. The first-order valence-corrected chi connectivity index (χ1v) is 5.96. The van der Waals surface area contributed by atoms with E-state index in [-0.39, 0.29) is 6.61 Å². The van der Waals surface area contributed by atoms with E-state index in [1.165, 1.54) is 0 Å². The molecule has 2 N–H and O–H groups in total. The highest BCUT2D eigenvalue weighted by molar-refractivity contribution is 5.27. The molecule has 3 heteroatoms. The number of aliphatic hydroxyl groups is 1. The molecular weight excluding hydrogens is 214 g/mol. The summed E-state index contributed by atoms with van der Waals surface area (Å²) in [4.78, 5) is 0. The molecule has 94 valence electrons. The lowest BCUT2D eigenvalue weighted by Gasteiger charge is -2.09. The van der Waals surface area contributed by atoms with E-state index in [0.717, 1.165) is 36.4 Å². The van der Waals surface area contributed by atoms with Gasteiger partial charge in [-0.25, -0.2) is 0 Å². The van der Waals surface area contributed by atoms with Crippen LogP contribution in [0.1, 0.15) is 18.9 Å². The second kappa shape index (κ2) is 7.87. The van der Waals surface area contributed by atoms with Crippen molar-refractivity contribution < 1.29 is 9.84 Å². The number of rotatable bonds is 8. The first-order chi connectivity index (χ1) is 8.26. The summed E-state index contributed by atoms with van der Waals surface area (Å²) < 4.78 is 5.58. The Balaban J connectivity index is 2.27. The van der Waals surface area contributed by atoms with Gasteiger partial charge in [0.05, 0.1) is 6.61 Å². The lowest BCUT2D eigenvalue weighted by atomic mass is 10.2. The first kappa shape index (κ1) is 13.7. The van der Waals surface area contributed by atoms with Crippen molar-refractivity contribution in [3.05, 3.63) is 42.0 Å². The quantitative estimate of drug-likeness (QED) is 0.535. The number of hydrogen-bond donors (Lipinski definition) is 2. The molecular formula is C14H21NO2. The fourth-order valence-electron chi connectivity index (χ4n) is 1.37. The molecule has 0 radical (unpaired) electrons. The summed E-state index contributed by atoms with van der Waals surface area (Å²) in [6, 6.07) is 7.43. The maximum atomic E-state index is 8.90. The summed E-state index contributed by atoms with van der Waals surface area (Å²) in [6.07, 6.45) is 1.12. The van der Waals surface area contributed by atoms with Crippen LogP contribution in [0.15, 0.2) is 36.4 Å². The topological polar surface area (TPSA) is 41.5 Å². The molecule has 0 bridgehead atoms. The minimum absolute atomic E-state index is 0.0634. The van der Waals surface area contributed by atoms with Crippen molar-refractivity contribution in [3.63, 3.8) is 0 Å². The van der Waals surface area contributed by atoms with Gasteiger partial charge in [-0.1, -0.05) is 25.6 Å². The Hall–Kier alpha value is -1.32. The largest absolute Gasteiger partial charge is 0.489 e. The van der Waals surface area contributed by atoms with Gasteiger partial charge in [0, 0.05) is 6.54 Å². The maximum Gasteiger partial charge on any atom is 0.119 e. The summed E-state index contributed by atoms with van der Waals surface area (Å²) in [5.74, 6) is 0.804. The van der Waals surface area contributed by atoms with E-state index in [0.29, 0.717) is 6.61 Å². The van der Waals surface area contributed by atoms with Gasteiger partial charge in [0.15, 0.2) is 0 Å². The van der Waals surface area contributed by atoms with Crippen molar-refractivity contribution >= 4 is 0 Å². The molecule has 0 aliphatic carbocycles. The lowest BCUT2D eigenvalue weighted by Crippen LogP contribution is -2.20. The van der Waals surface area contributed by atoms with E-state index in [4.69, 9.17) is 9.84 Å². The molecule has 0 saturated carbocycles. The van der Waals surface area contributed by atoms with Crippen LogP contribution < -0.4 is 10.1 Å². The molecule has 0 spiro atoms. The fourth-order valence-corrected chi connectivity index (χ4v) is 1.37. The van der Waals surface area contributed by atoms with Crippen LogP contribution in [0.4, 0.5) is 0 Å². The molecule has 0 aliphatic rings. The van der Waals surface area contributed by atoms with Crippen LogP contribution in [0.25, 0.3) is 0 Å². The molecule has 0 aromatic heterocycles. The van der Waals surface area contributed by atoms with Crippen LogP contribution in [0.5, 0.6) is 5.75 Å². The molecule has 3 nitrogen and oxygen atoms in total. The Bertz CT molecular complexity index is 333. The van der Waals surface area contributed by atoms with Gasteiger partial charge in [0.1, 0.15) is 12.4 Å². The average molecular weight is 235 g/mol. The van der Waals surface area contributed by atoms with Gasteiger partial charge >= 0.3 is 0 Å². The molecule has 0 amide bonds. The van der Waals surface area contributed by atoms with Gasteiger partial charge in [-0.05, 0) is 36.2 Å². The monoisotopic (exact) mass is 235 g/mol. The van der Waals surface area contributed by atoms with Crippen molar-refractivity contribution in [2.45, 2.75) is 20.0 Å². The zero-order valence-corrected chi connectivity index (χ0v) is 10.4. The number of benzene rings is 1. The van der Waals surface area contributed by atoms with Crippen molar-refractivity contribution in [2.24, 2.45) is 0 Å². The van der Waals surface area contributed by atoms with E-state index >= 15 is 0 Å². The summed E-state index contributed by atoms with van der Waals surface area (Å²) in [5, 5.41) is 12.2. The Morgan fingerprint density at radius 3 is 2.65 bits per heavy atom. The SMILES string of the molecule is C=C(CNCCC)COc1ccc(CO)cc1. The third kappa shape index (κ3) is 5.52. The summed E-state index contributed by atoms with van der Waals surface area (Å²) in [7, 11) is 0. The molecule has 0 atom stereocenters. The number of aliphatic hydroxyl groups excluding tert-OH is 1. The zero-order valence-electron chi connectivity index (χ0n) is 10.4. The van der Waals surface area contributed by atoms with Crippen molar-refractivity contribution in [1.82, 2.24) is 5.32 Å². The predicted octanol–water partition coefficient (Wildman–Crippen LogP) is 2.11. The molecule has 0 heterocycles. The highest BCUT2D eigenvalue weighted by Gasteiger charge is 1.97. The van der Waals surface area contributed by atoms with Gasteiger partial charge in [-0.3, -0.25) is 0 Å². The number of ether oxygens (including phenoxy) is 1. The maximum absolute atomic E-state index is 8.90. The molecule has 1 aromatic carbocycles. The predicted molar refractivity (Wildman–Crippen MR) is 70.2 cm³/mol. The lowest BCUT2D eigenvalue weighted by molar-refractivity contribution is 0.281. The third-order valence-electron chi connectivity index (χ3n) is 2.35. The summed E-state index contributed by atoms with van der Waals surface area (Å²) in [6.45, 7) is 8.47. The molecule has 0 fully saturated rings. The molecule has 0 aliphatic heterocycles. The Morgan fingerprint density at radius 2 is 2.06 bits per heavy atom.